The zero-order valence-corrected chi connectivity index (χ0v) is 14.6. The second-order valence-corrected chi connectivity index (χ2v) is 6.11. The molecule has 172 valence electrons. The van der Waals surface area contributed by atoms with Crippen molar-refractivity contribution in [3.05, 3.63) is 12.2 Å². The Kier molecular flexibility index (Phi) is 7.39. The van der Waals surface area contributed by atoms with Crippen LogP contribution in [0.4, 0.5) is 57.1 Å². The summed E-state index contributed by atoms with van der Waals surface area (Å²) < 4.78 is 168. The van der Waals surface area contributed by atoms with E-state index in [9.17, 15) is 61.9 Å². The van der Waals surface area contributed by atoms with Gasteiger partial charge in [0, 0.05) is 25.6 Å². The Balaban J connectivity index is 5.71. The molecular weight excluding hydrogens is 445 g/mol. The zero-order chi connectivity index (χ0) is 23.9. The Morgan fingerprint density at radius 3 is 1.48 bits per heavy atom. The molecule has 0 radical (unpaired) electrons. The van der Waals surface area contributed by atoms with Crippen molar-refractivity contribution in [2.75, 3.05) is 13.6 Å². The van der Waals surface area contributed by atoms with Crippen LogP contribution in [0.5, 0.6) is 0 Å². The van der Waals surface area contributed by atoms with E-state index in [0.29, 0.717) is 4.90 Å². The molecule has 0 saturated carbocycles. The lowest BCUT2D eigenvalue weighted by Gasteiger charge is -2.39. The van der Waals surface area contributed by atoms with Crippen LogP contribution < -0.4 is 0 Å². The number of nitrogens with zero attached hydrogens (tertiary/aromatic N) is 1. The normalized spacial score (nSPS) is 14.7. The van der Waals surface area contributed by atoms with E-state index in [-0.39, 0.29) is 5.57 Å². The highest BCUT2D eigenvalue weighted by molar-refractivity contribution is 5.91. The number of carbonyl (C=O) groups excluding carboxylic acids is 1. The van der Waals surface area contributed by atoms with E-state index in [4.69, 9.17) is 0 Å². The van der Waals surface area contributed by atoms with E-state index >= 15 is 0 Å². The summed E-state index contributed by atoms with van der Waals surface area (Å²) >= 11 is 0. The fraction of sp³-hybridized carbons (Fsp3) is 0.786. The van der Waals surface area contributed by atoms with E-state index in [1.54, 1.807) is 0 Å². The van der Waals surface area contributed by atoms with Crippen molar-refractivity contribution >= 4 is 5.91 Å². The molecule has 0 atom stereocenters. The van der Waals surface area contributed by atoms with Crippen molar-refractivity contribution in [2.24, 2.45) is 0 Å². The van der Waals surface area contributed by atoms with E-state index in [2.05, 4.69) is 6.58 Å². The number of likely N-dealkylation sites (N-methyl/N-ethyl adjacent to an activating group) is 1. The van der Waals surface area contributed by atoms with Crippen LogP contribution >= 0.6 is 0 Å². The molecule has 0 bridgehead atoms. The number of rotatable bonds is 9. The molecule has 0 aromatic heterocycles. The van der Waals surface area contributed by atoms with Gasteiger partial charge in [0.2, 0.25) is 5.91 Å². The monoisotopic (exact) mass is 459 g/mol. The predicted octanol–water partition coefficient (Wildman–Crippen LogP) is 5.54. The number of alkyl halides is 13. The summed E-state index contributed by atoms with van der Waals surface area (Å²) in [6.07, 6.45) is -11.0. The van der Waals surface area contributed by atoms with E-state index in [1.807, 2.05) is 0 Å². The summed E-state index contributed by atoms with van der Waals surface area (Å²) in [5.41, 5.74) is -0.134. The number of carbonyl (C=O) groups is 1. The lowest BCUT2D eigenvalue weighted by atomic mass is 9.92. The first-order valence-electron chi connectivity index (χ1n) is 7.36. The first-order valence-corrected chi connectivity index (χ1v) is 7.36. The minimum atomic E-state index is -7.90. The molecule has 1 amide bonds. The maximum absolute atomic E-state index is 13.5. The van der Waals surface area contributed by atoms with Gasteiger partial charge in [-0.15, -0.1) is 0 Å². The third-order valence-electron chi connectivity index (χ3n) is 3.69. The molecule has 0 aromatic rings. The van der Waals surface area contributed by atoms with Crippen LogP contribution in [0.25, 0.3) is 0 Å². The number of amides is 1. The standard InChI is InChI=1S/C14H14F13NO/c1-7(2)8(29)28(3)6-4-5-9(15,16)10(17,18)11(19,20)12(21,22)13(23,24)14(25,26)27/h1,4-6H2,2-3H3. The maximum atomic E-state index is 13.5. The van der Waals surface area contributed by atoms with Gasteiger partial charge in [-0.3, -0.25) is 4.79 Å². The zero-order valence-electron chi connectivity index (χ0n) is 14.6. The highest BCUT2D eigenvalue weighted by Crippen LogP contribution is 2.60. The van der Waals surface area contributed by atoms with Gasteiger partial charge in [-0.05, 0) is 13.3 Å². The topological polar surface area (TPSA) is 20.3 Å². The van der Waals surface area contributed by atoms with Gasteiger partial charge in [0.15, 0.2) is 0 Å². The molecule has 0 saturated heterocycles. The van der Waals surface area contributed by atoms with E-state index in [0.717, 1.165) is 7.05 Å². The van der Waals surface area contributed by atoms with Crippen molar-refractivity contribution in [3.8, 4) is 0 Å². The molecule has 15 heteroatoms. The molecule has 0 heterocycles. The molecular formula is C14H14F13NO. The summed E-state index contributed by atoms with van der Waals surface area (Å²) in [4.78, 5) is 12.0. The van der Waals surface area contributed by atoms with Crippen LogP contribution in [0.3, 0.4) is 0 Å². The van der Waals surface area contributed by atoms with E-state index in [1.165, 1.54) is 6.92 Å². The summed E-state index contributed by atoms with van der Waals surface area (Å²) in [7, 11) is 0.958. The van der Waals surface area contributed by atoms with Crippen LogP contribution in [0.1, 0.15) is 19.8 Å². The van der Waals surface area contributed by atoms with Gasteiger partial charge in [0.05, 0.1) is 0 Å². The van der Waals surface area contributed by atoms with Crippen LogP contribution in [0.2, 0.25) is 0 Å². The van der Waals surface area contributed by atoms with Gasteiger partial charge < -0.3 is 4.90 Å². The van der Waals surface area contributed by atoms with Gasteiger partial charge in [-0.1, -0.05) is 6.58 Å². The fourth-order valence-corrected chi connectivity index (χ4v) is 1.92. The van der Waals surface area contributed by atoms with Crippen molar-refractivity contribution < 1.29 is 61.9 Å². The maximum Gasteiger partial charge on any atom is 0.460 e. The Morgan fingerprint density at radius 2 is 1.14 bits per heavy atom. The molecule has 0 spiro atoms. The summed E-state index contributed by atoms with van der Waals surface area (Å²) in [6, 6.07) is 0. The molecule has 0 rings (SSSR count). The second kappa shape index (κ2) is 7.85. The third-order valence-corrected chi connectivity index (χ3v) is 3.69. The van der Waals surface area contributed by atoms with Gasteiger partial charge in [0.1, 0.15) is 0 Å². The van der Waals surface area contributed by atoms with Crippen LogP contribution in [0, 0.1) is 0 Å². The molecule has 0 aromatic carbocycles. The molecule has 29 heavy (non-hydrogen) atoms. The van der Waals surface area contributed by atoms with Crippen LogP contribution in [-0.4, -0.2) is 60.2 Å². The molecule has 0 aliphatic heterocycles. The van der Waals surface area contributed by atoms with Gasteiger partial charge >= 0.3 is 35.8 Å². The highest BCUT2D eigenvalue weighted by atomic mass is 19.4. The minimum Gasteiger partial charge on any atom is -0.342 e. The average Bonchev–Trinajstić information content (AvgIpc) is 2.51. The van der Waals surface area contributed by atoms with Gasteiger partial charge in [-0.2, -0.15) is 57.1 Å². The van der Waals surface area contributed by atoms with E-state index < -0.39 is 61.1 Å². The Labute approximate surface area is 155 Å². The largest absolute Gasteiger partial charge is 0.460 e. The summed E-state index contributed by atoms with van der Waals surface area (Å²) in [5, 5.41) is 0. The second-order valence-electron chi connectivity index (χ2n) is 6.11. The molecule has 0 unspecified atom stereocenters. The Morgan fingerprint density at radius 1 is 0.759 bits per heavy atom. The number of halogens is 13. The Hall–Kier alpha value is -1.70. The number of hydrogen-bond acceptors (Lipinski definition) is 1. The minimum absolute atomic E-state index is 0.134. The molecule has 0 fully saturated rings. The quantitative estimate of drug-likeness (QED) is 0.328. The Bertz CT molecular complexity index is 623. The average molecular weight is 459 g/mol. The van der Waals surface area contributed by atoms with Crippen molar-refractivity contribution in [1.29, 1.82) is 0 Å². The smallest absolute Gasteiger partial charge is 0.342 e. The van der Waals surface area contributed by atoms with Crippen LogP contribution in [-0.2, 0) is 4.79 Å². The molecule has 2 nitrogen and oxygen atoms in total. The molecule has 0 aliphatic rings. The summed E-state index contributed by atoms with van der Waals surface area (Å²) in [6.45, 7) is 3.55. The summed E-state index contributed by atoms with van der Waals surface area (Å²) in [5.74, 6) is -37.7. The number of hydrogen-bond donors (Lipinski definition) is 0. The first kappa shape index (κ1) is 27.3. The van der Waals surface area contributed by atoms with Crippen molar-refractivity contribution in [1.82, 2.24) is 4.90 Å². The lowest BCUT2D eigenvalue weighted by molar-refractivity contribution is -0.440. The highest BCUT2D eigenvalue weighted by Gasteiger charge is 2.90. The van der Waals surface area contributed by atoms with Crippen molar-refractivity contribution in [3.63, 3.8) is 0 Å². The third kappa shape index (κ3) is 4.57. The predicted molar refractivity (Wildman–Crippen MR) is 72.5 cm³/mol. The lowest BCUT2D eigenvalue weighted by Crippen LogP contribution is -2.70. The van der Waals surface area contributed by atoms with Gasteiger partial charge in [0.25, 0.3) is 0 Å². The van der Waals surface area contributed by atoms with Crippen molar-refractivity contribution in [2.45, 2.75) is 55.6 Å². The first-order chi connectivity index (χ1) is 12.5. The fourth-order valence-electron chi connectivity index (χ4n) is 1.92. The van der Waals surface area contributed by atoms with Gasteiger partial charge in [-0.25, -0.2) is 0 Å². The molecule has 0 aliphatic carbocycles. The SMILES string of the molecule is C=C(C)C(=O)N(C)CCCC(F)(F)C(F)(F)C(F)(F)C(F)(F)C(F)(F)C(F)(F)F. The van der Waals surface area contributed by atoms with Crippen LogP contribution in [0.15, 0.2) is 12.2 Å². The molecule has 0 N–H and O–H groups in total.